The molecule has 110 valence electrons. The number of carbonyl (C=O) groups is 1. The number of nitrogens with two attached hydrogens (primary N) is 1. The van der Waals surface area contributed by atoms with Gasteiger partial charge in [-0.1, -0.05) is 43.3 Å². The number of amides is 1. The number of benzene rings is 2. The maximum atomic E-state index is 12.5. The van der Waals surface area contributed by atoms with E-state index in [0.29, 0.717) is 5.69 Å². The van der Waals surface area contributed by atoms with Crippen molar-refractivity contribution >= 4 is 11.6 Å². The van der Waals surface area contributed by atoms with E-state index < -0.39 is 0 Å². The minimum absolute atomic E-state index is 0.0862. The molecule has 0 saturated heterocycles. The van der Waals surface area contributed by atoms with Gasteiger partial charge in [0.25, 0.3) is 0 Å². The highest BCUT2D eigenvalue weighted by Crippen LogP contribution is 2.25. The molecule has 0 saturated carbocycles. The minimum atomic E-state index is -0.363. The molecule has 2 aromatic rings. The second kappa shape index (κ2) is 6.41. The first kappa shape index (κ1) is 15.1. The quantitative estimate of drug-likeness (QED) is 0.907. The summed E-state index contributed by atoms with van der Waals surface area (Å²) in [7, 11) is 1.69. The normalized spacial score (nSPS) is 13.5. The maximum Gasteiger partial charge on any atom is 0.231 e. The molecule has 0 fully saturated rings. The SMILES string of the molecule is CC(C(=O)N(C)c1cccc(O)c1)C(N)c1ccccc1. The highest BCUT2D eigenvalue weighted by Gasteiger charge is 2.25. The molecule has 0 heterocycles. The summed E-state index contributed by atoms with van der Waals surface area (Å²) < 4.78 is 0. The van der Waals surface area contributed by atoms with Crippen LogP contribution in [0.5, 0.6) is 5.75 Å². The lowest BCUT2D eigenvalue weighted by molar-refractivity contribution is -0.122. The van der Waals surface area contributed by atoms with Gasteiger partial charge in [0, 0.05) is 24.8 Å². The molecule has 0 aliphatic carbocycles. The smallest absolute Gasteiger partial charge is 0.231 e. The number of hydrogen-bond donors (Lipinski definition) is 2. The van der Waals surface area contributed by atoms with Crippen molar-refractivity contribution in [1.29, 1.82) is 0 Å². The van der Waals surface area contributed by atoms with Crippen LogP contribution >= 0.6 is 0 Å². The first-order valence-electron chi connectivity index (χ1n) is 6.88. The van der Waals surface area contributed by atoms with Gasteiger partial charge in [-0.05, 0) is 17.7 Å². The van der Waals surface area contributed by atoms with Crippen molar-refractivity contribution in [3.05, 3.63) is 60.2 Å². The van der Waals surface area contributed by atoms with Crippen LogP contribution < -0.4 is 10.6 Å². The van der Waals surface area contributed by atoms with Crippen LogP contribution in [0.25, 0.3) is 0 Å². The predicted octanol–water partition coefficient (Wildman–Crippen LogP) is 2.69. The molecule has 4 heteroatoms. The van der Waals surface area contributed by atoms with Crippen molar-refractivity contribution in [1.82, 2.24) is 0 Å². The molecule has 0 aliphatic heterocycles. The molecular weight excluding hydrogens is 264 g/mol. The Morgan fingerprint density at radius 3 is 2.43 bits per heavy atom. The average molecular weight is 284 g/mol. The third-order valence-corrected chi connectivity index (χ3v) is 3.66. The number of phenols is 1. The molecule has 0 aromatic heterocycles. The Morgan fingerprint density at radius 1 is 1.14 bits per heavy atom. The number of carbonyl (C=O) groups excluding carboxylic acids is 1. The van der Waals surface area contributed by atoms with E-state index in [0.717, 1.165) is 5.56 Å². The Hall–Kier alpha value is -2.33. The Labute approximate surface area is 124 Å². The number of anilines is 1. The van der Waals surface area contributed by atoms with E-state index in [4.69, 9.17) is 5.73 Å². The van der Waals surface area contributed by atoms with Gasteiger partial charge in [-0.25, -0.2) is 0 Å². The van der Waals surface area contributed by atoms with Gasteiger partial charge in [-0.3, -0.25) is 4.79 Å². The van der Waals surface area contributed by atoms with Gasteiger partial charge in [0.05, 0.1) is 5.92 Å². The lowest BCUT2D eigenvalue weighted by atomic mass is 9.94. The second-order valence-electron chi connectivity index (χ2n) is 5.14. The van der Waals surface area contributed by atoms with Crippen molar-refractivity contribution in [3.8, 4) is 5.75 Å². The van der Waals surface area contributed by atoms with Crippen molar-refractivity contribution in [3.63, 3.8) is 0 Å². The Bertz CT molecular complexity index is 613. The highest BCUT2D eigenvalue weighted by molar-refractivity contribution is 5.95. The third kappa shape index (κ3) is 3.41. The zero-order valence-electron chi connectivity index (χ0n) is 12.2. The molecule has 2 unspecified atom stereocenters. The zero-order valence-corrected chi connectivity index (χ0v) is 12.2. The first-order chi connectivity index (χ1) is 10.0. The van der Waals surface area contributed by atoms with Crippen LogP contribution in [0.2, 0.25) is 0 Å². The molecule has 0 spiro atoms. The molecule has 0 aliphatic rings. The molecule has 2 aromatic carbocycles. The van der Waals surface area contributed by atoms with Crippen LogP contribution in [-0.4, -0.2) is 18.1 Å². The Balaban J connectivity index is 2.15. The largest absolute Gasteiger partial charge is 0.508 e. The topological polar surface area (TPSA) is 66.6 Å². The third-order valence-electron chi connectivity index (χ3n) is 3.66. The van der Waals surface area contributed by atoms with Crippen LogP contribution in [0.15, 0.2) is 54.6 Å². The van der Waals surface area contributed by atoms with Crippen LogP contribution in [0, 0.1) is 5.92 Å². The maximum absolute atomic E-state index is 12.5. The van der Waals surface area contributed by atoms with Gasteiger partial charge in [-0.15, -0.1) is 0 Å². The number of nitrogens with zero attached hydrogens (tertiary/aromatic N) is 1. The number of rotatable bonds is 4. The van der Waals surface area contributed by atoms with Gasteiger partial charge in [-0.2, -0.15) is 0 Å². The summed E-state index contributed by atoms with van der Waals surface area (Å²) in [5.41, 5.74) is 7.77. The zero-order chi connectivity index (χ0) is 15.4. The van der Waals surface area contributed by atoms with E-state index in [2.05, 4.69) is 0 Å². The first-order valence-corrected chi connectivity index (χ1v) is 6.88. The number of aromatic hydroxyl groups is 1. The molecule has 3 N–H and O–H groups in total. The Kier molecular flexibility index (Phi) is 4.60. The van der Waals surface area contributed by atoms with Crippen molar-refractivity contribution in [2.45, 2.75) is 13.0 Å². The minimum Gasteiger partial charge on any atom is -0.508 e. The summed E-state index contributed by atoms with van der Waals surface area (Å²) in [6.07, 6.45) is 0. The molecular formula is C17H20N2O2. The molecule has 2 atom stereocenters. The number of hydrogen-bond acceptors (Lipinski definition) is 3. The summed E-state index contributed by atoms with van der Waals surface area (Å²) in [6.45, 7) is 1.82. The fourth-order valence-corrected chi connectivity index (χ4v) is 2.25. The van der Waals surface area contributed by atoms with E-state index in [1.807, 2.05) is 37.3 Å². The van der Waals surface area contributed by atoms with Gasteiger partial charge >= 0.3 is 0 Å². The van der Waals surface area contributed by atoms with Gasteiger partial charge in [0.1, 0.15) is 5.75 Å². The van der Waals surface area contributed by atoms with E-state index in [1.54, 1.807) is 31.3 Å². The fourth-order valence-electron chi connectivity index (χ4n) is 2.25. The fraction of sp³-hybridized carbons (Fsp3) is 0.235. The van der Waals surface area contributed by atoms with Crippen LogP contribution in [0.3, 0.4) is 0 Å². The van der Waals surface area contributed by atoms with Crippen LogP contribution in [0.1, 0.15) is 18.5 Å². The van der Waals surface area contributed by atoms with Crippen molar-refractivity contribution in [2.24, 2.45) is 11.7 Å². The summed E-state index contributed by atoms with van der Waals surface area (Å²) in [5.74, 6) is -0.316. The monoisotopic (exact) mass is 284 g/mol. The molecule has 2 rings (SSSR count). The summed E-state index contributed by atoms with van der Waals surface area (Å²) in [5, 5.41) is 9.51. The van der Waals surface area contributed by atoms with Crippen molar-refractivity contribution in [2.75, 3.05) is 11.9 Å². The standard InChI is InChI=1S/C17H20N2O2/c1-12(16(18)13-7-4-3-5-8-13)17(21)19(2)14-9-6-10-15(20)11-14/h3-12,16,20H,18H2,1-2H3. The van der Waals surface area contributed by atoms with Gasteiger partial charge in [0.2, 0.25) is 5.91 Å². The summed E-state index contributed by atoms with van der Waals surface area (Å²) >= 11 is 0. The van der Waals surface area contributed by atoms with Crippen LogP contribution in [-0.2, 0) is 4.79 Å². The van der Waals surface area contributed by atoms with Gasteiger partial charge < -0.3 is 15.7 Å². The summed E-state index contributed by atoms with van der Waals surface area (Å²) in [4.78, 5) is 14.1. The van der Waals surface area contributed by atoms with Crippen LogP contribution in [0.4, 0.5) is 5.69 Å². The lowest BCUT2D eigenvalue weighted by Gasteiger charge is -2.25. The highest BCUT2D eigenvalue weighted by atomic mass is 16.3. The predicted molar refractivity (Wildman–Crippen MR) is 84.1 cm³/mol. The number of phenolic OH excluding ortho intramolecular Hbond substituents is 1. The van der Waals surface area contributed by atoms with Crippen molar-refractivity contribution < 1.29 is 9.90 Å². The molecule has 0 bridgehead atoms. The second-order valence-corrected chi connectivity index (χ2v) is 5.14. The Morgan fingerprint density at radius 2 is 1.81 bits per heavy atom. The summed E-state index contributed by atoms with van der Waals surface area (Å²) in [6, 6.07) is 15.8. The molecule has 1 amide bonds. The van der Waals surface area contributed by atoms with E-state index in [9.17, 15) is 9.90 Å². The van der Waals surface area contributed by atoms with Gasteiger partial charge in [0.15, 0.2) is 0 Å². The van der Waals surface area contributed by atoms with E-state index in [-0.39, 0.29) is 23.6 Å². The molecule has 4 nitrogen and oxygen atoms in total. The molecule has 21 heavy (non-hydrogen) atoms. The van der Waals surface area contributed by atoms with E-state index in [1.165, 1.54) is 4.90 Å². The van der Waals surface area contributed by atoms with E-state index >= 15 is 0 Å². The average Bonchev–Trinajstić information content (AvgIpc) is 2.53. The lowest BCUT2D eigenvalue weighted by Crippen LogP contribution is -2.37. The molecule has 0 radical (unpaired) electrons.